The number of rotatable bonds is 10. The van der Waals surface area contributed by atoms with Crippen LogP contribution in [0.25, 0.3) is 0 Å². The van der Waals surface area contributed by atoms with Crippen LogP contribution in [0.1, 0.15) is 51.1 Å². The van der Waals surface area contributed by atoms with Crippen molar-refractivity contribution >= 4 is 5.96 Å². The van der Waals surface area contributed by atoms with Gasteiger partial charge in [-0.05, 0) is 65.7 Å². The van der Waals surface area contributed by atoms with E-state index >= 15 is 0 Å². The van der Waals surface area contributed by atoms with Crippen LogP contribution in [0.3, 0.4) is 0 Å². The minimum absolute atomic E-state index is 0.308. The molecule has 0 fully saturated rings. The monoisotopic (exact) mass is 350 g/mol. The quantitative estimate of drug-likeness (QED) is 0.386. The molecule has 0 aliphatic carbocycles. The predicted octanol–water partition coefficient (Wildman–Crippen LogP) is 2.25. The van der Waals surface area contributed by atoms with E-state index in [-0.39, 0.29) is 0 Å². The second-order valence-electron chi connectivity index (χ2n) is 6.66. The minimum atomic E-state index is 0.308. The molecule has 0 saturated heterocycles. The number of aromatic nitrogens is 2. The first-order valence-corrected chi connectivity index (χ1v) is 9.69. The Morgan fingerprint density at radius 3 is 2.44 bits per heavy atom. The number of hydrogen-bond donors (Lipinski definition) is 2. The van der Waals surface area contributed by atoms with Gasteiger partial charge in [-0.25, -0.2) is 0 Å². The summed E-state index contributed by atoms with van der Waals surface area (Å²) in [6.07, 6.45) is 2.04. The Kier molecular flexibility index (Phi) is 9.57. The number of aliphatic imine (C=N–C) groups is 1. The van der Waals surface area contributed by atoms with E-state index in [1.165, 1.54) is 11.3 Å². The largest absolute Gasteiger partial charge is 0.357 e. The summed E-state index contributed by atoms with van der Waals surface area (Å²) in [5, 5.41) is 11.4. The molecule has 2 N–H and O–H groups in total. The van der Waals surface area contributed by atoms with Gasteiger partial charge in [0.15, 0.2) is 5.96 Å². The van der Waals surface area contributed by atoms with E-state index in [0.29, 0.717) is 6.04 Å². The highest BCUT2D eigenvalue weighted by Crippen LogP contribution is 2.14. The second kappa shape index (κ2) is 11.1. The number of nitrogens with one attached hydrogen (secondary N) is 2. The Morgan fingerprint density at radius 1 is 1.24 bits per heavy atom. The Morgan fingerprint density at radius 2 is 1.92 bits per heavy atom. The first-order valence-electron chi connectivity index (χ1n) is 9.69. The van der Waals surface area contributed by atoms with Crippen LogP contribution in [0.4, 0.5) is 0 Å². The molecule has 6 heteroatoms. The van der Waals surface area contributed by atoms with E-state index in [1.54, 1.807) is 0 Å². The average molecular weight is 351 g/mol. The van der Waals surface area contributed by atoms with E-state index in [9.17, 15) is 0 Å². The molecule has 0 spiro atoms. The van der Waals surface area contributed by atoms with Crippen molar-refractivity contribution in [1.29, 1.82) is 0 Å². The lowest BCUT2D eigenvalue weighted by Crippen LogP contribution is -2.43. The van der Waals surface area contributed by atoms with Gasteiger partial charge >= 0.3 is 0 Å². The number of hydrogen-bond acceptors (Lipinski definition) is 3. The molecular formula is C19H38N6. The highest BCUT2D eigenvalue weighted by molar-refractivity contribution is 5.80. The third kappa shape index (κ3) is 7.06. The minimum Gasteiger partial charge on any atom is -0.357 e. The van der Waals surface area contributed by atoms with Crippen molar-refractivity contribution in [3.63, 3.8) is 0 Å². The van der Waals surface area contributed by atoms with Crippen molar-refractivity contribution in [1.82, 2.24) is 25.3 Å². The van der Waals surface area contributed by atoms with Crippen molar-refractivity contribution < 1.29 is 0 Å². The summed E-state index contributed by atoms with van der Waals surface area (Å²) in [6.45, 7) is 18.0. The third-order valence-electron chi connectivity index (χ3n) is 4.69. The maximum Gasteiger partial charge on any atom is 0.191 e. The summed E-state index contributed by atoms with van der Waals surface area (Å²) in [6, 6.07) is 0.308. The van der Waals surface area contributed by atoms with Gasteiger partial charge in [0.2, 0.25) is 0 Å². The zero-order chi connectivity index (χ0) is 18.8. The SMILES string of the molecule is CCNC(=NCCCN(CC)CC)NC(C)Cc1c(C)nn(C)c1C. The third-order valence-corrected chi connectivity index (χ3v) is 4.69. The van der Waals surface area contributed by atoms with Crippen LogP contribution in [0.15, 0.2) is 4.99 Å². The first kappa shape index (κ1) is 21.5. The molecule has 1 rings (SSSR count). The fourth-order valence-corrected chi connectivity index (χ4v) is 3.05. The number of guanidine groups is 1. The Bertz CT molecular complexity index is 530. The van der Waals surface area contributed by atoms with Crippen LogP contribution in [-0.2, 0) is 13.5 Å². The average Bonchev–Trinajstić information content (AvgIpc) is 2.81. The molecule has 0 aliphatic heterocycles. The highest BCUT2D eigenvalue weighted by Gasteiger charge is 2.13. The van der Waals surface area contributed by atoms with Crippen molar-refractivity contribution in [3.05, 3.63) is 17.0 Å². The molecule has 0 amide bonds. The molecule has 0 bridgehead atoms. The molecule has 1 heterocycles. The van der Waals surface area contributed by atoms with Crippen LogP contribution in [0, 0.1) is 13.8 Å². The summed E-state index contributed by atoms with van der Waals surface area (Å²) in [5.74, 6) is 0.911. The van der Waals surface area contributed by atoms with Gasteiger partial charge < -0.3 is 15.5 Å². The molecule has 25 heavy (non-hydrogen) atoms. The van der Waals surface area contributed by atoms with Crippen molar-refractivity contribution in [2.45, 2.75) is 60.4 Å². The molecule has 1 aromatic rings. The van der Waals surface area contributed by atoms with Gasteiger partial charge in [-0.15, -0.1) is 0 Å². The Balaban J connectivity index is 2.56. The van der Waals surface area contributed by atoms with Crippen molar-refractivity contribution in [2.24, 2.45) is 12.0 Å². The van der Waals surface area contributed by atoms with Gasteiger partial charge in [-0.3, -0.25) is 9.67 Å². The van der Waals surface area contributed by atoms with Gasteiger partial charge in [0, 0.05) is 31.9 Å². The summed E-state index contributed by atoms with van der Waals surface area (Å²) >= 11 is 0. The van der Waals surface area contributed by atoms with E-state index in [4.69, 9.17) is 4.99 Å². The van der Waals surface area contributed by atoms with Crippen LogP contribution in [0.5, 0.6) is 0 Å². The van der Waals surface area contributed by atoms with Crippen molar-refractivity contribution in [3.8, 4) is 0 Å². The van der Waals surface area contributed by atoms with Crippen LogP contribution in [0.2, 0.25) is 0 Å². The second-order valence-corrected chi connectivity index (χ2v) is 6.66. The smallest absolute Gasteiger partial charge is 0.191 e. The molecule has 144 valence electrons. The summed E-state index contributed by atoms with van der Waals surface area (Å²) in [7, 11) is 2.01. The number of aryl methyl sites for hydroxylation is 2. The maximum atomic E-state index is 4.73. The maximum absolute atomic E-state index is 4.73. The molecule has 1 unspecified atom stereocenters. The fraction of sp³-hybridized carbons (Fsp3) is 0.789. The van der Waals surface area contributed by atoms with Gasteiger partial charge in [-0.1, -0.05) is 13.8 Å². The Labute approximate surface area is 154 Å². The van der Waals surface area contributed by atoms with Crippen LogP contribution in [-0.4, -0.2) is 59.4 Å². The normalized spacial score (nSPS) is 13.4. The molecule has 0 saturated carbocycles. The molecule has 6 nitrogen and oxygen atoms in total. The van der Waals surface area contributed by atoms with Crippen molar-refractivity contribution in [2.75, 3.05) is 32.7 Å². The summed E-state index contributed by atoms with van der Waals surface area (Å²) in [5.41, 5.74) is 3.70. The van der Waals surface area contributed by atoms with Gasteiger partial charge in [0.25, 0.3) is 0 Å². The molecular weight excluding hydrogens is 312 g/mol. The van der Waals surface area contributed by atoms with Crippen LogP contribution < -0.4 is 10.6 Å². The zero-order valence-electron chi connectivity index (χ0n) is 17.3. The van der Waals surface area contributed by atoms with E-state index in [1.807, 2.05) is 11.7 Å². The standard InChI is InChI=1S/C19H38N6/c1-8-20-19(21-12-11-13-25(9-2)10-3)22-15(4)14-18-16(5)23-24(7)17(18)6/h15H,8-14H2,1-7H3,(H2,20,21,22). The van der Waals surface area contributed by atoms with E-state index in [0.717, 1.165) is 57.2 Å². The Hall–Kier alpha value is -1.56. The zero-order valence-corrected chi connectivity index (χ0v) is 17.3. The lowest BCUT2D eigenvalue weighted by atomic mass is 10.1. The van der Waals surface area contributed by atoms with Gasteiger partial charge in [0.05, 0.1) is 5.69 Å². The molecule has 0 aromatic carbocycles. The lowest BCUT2D eigenvalue weighted by molar-refractivity contribution is 0.302. The number of nitrogens with zero attached hydrogens (tertiary/aromatic N) is 4. The van der Waals surface area contributed by atoms with E-state index < -0.39 is 0 Å². The fourth-order valence-electron chi connectivity index (χ4n) is 3.05. The summed E-state index contributed by atoms with van der Waals surface area (Å²) < 4.78 is 1.96. The van der Waals surface area contributed by atoms with Crippen LogP contribution >= 0.6 is 0 Å². The lowest BCUT2D eigenvalue weighted by Gasteiger charge is -2.19. The van der Waals surface area contributed by atoms with E-state index in [2.05, 4.69) is 62.2 Å². The topological polar surface area (TPSA) is 57.5 Å². The predicted molar refractivity (Wildman–Crippen MR) is 107 cm³/mol. The molecule has 0 radical (unpaired) electrons. The first-order chi connectivity index (χ1) is 11.9. The molecule has 0 aliphatic rings. The summed E-state index contributed by atoms with van der Waals surface area (Å²) in [4.78, 5) is 7.17. The highest BCUT2D eigenvalue weighted by atomic mass is 15.3. The molecule has 1 aromatic heterocycles. The van der Waals surface area contributed by atoms with Gasteiger partial charge in [-0.2, -0.15) is 5.10 Å². The van der Waals surface area contributed by atoms with Gasteiger partial charge in [0.1, 0.15) is 0 Å². The molecule has 1 atom stereocenters.